The first-order chi connectivity index (χ1) is 9.19. The zero-order valence-electron chi connectivity index (χ0n) is 11.0. The van der Waals surface area contributed by atoms with E-state index in [9.17, 15) is 4.79 Å². The van der Waals surface area contributed by atoms with Gasteiger partial charge < -0.3 is 15.6 Å². The fraction of sp³-hybridized carbons (Fsp3) is 0.267. The summed E-state index contributed by atoms with van der Waals surface area (Å²) in [6.07, 6.45) is 4.39. The normalized spacial score (nSPS) is 12.1. The van der Waals surface area contributed by atoms with Gasteiger partial charge in [-0.05, 0) is 42.8 Å². The second-order valence-electron chi connectivity index (χ2n) is 4.73. The van der Waals surface area contributed by atoms with E-state index < -0.39 is 0 Å². The molecule has 2 aromatic rings. The van der Waals surface area contributed by atoms with E-state index in [1.807, 2.05) is 60.3 Å². The van der Waals surface area contributed by atoms with Crippen LogP contribution in [0.15, 0.2) is 48.8 Å². The molecule has 19 heavy (non-hydrogen) atoms. The van der Waals surface area contributed by atoms with Crippen LogP contribution in [0.2, 0.25) is 0 Å². The fourth-order valence-electron chi connectivity index (χ4n) is 1.86. The third-order valence-corrected chi connectivity index (χ3v) is 2.97. The number of carbonyl (C=O) groups excluding carboxylic acids is 1. The molecule has 1 atom stereocenters. The van der Waals surface area contributed by atoms with Crippen LogP contribution in [0.5, 0.6) is 0 Å². The Kier molecular flexibility index (Phi) is 4.36. The molecule has 4 heteroatoms. The van der Waals surface area contributed by atoms with Crippen molar-refractivity contribution in [1.82, 2.24) is 4.57 Å². The van der Waals surface area contributed by atoms with Gasteiger partial charge in [-0.25, -0.2) is 0 Å². The number of nitrogens with two attached hydrogens (primary N) is 1. The van der Waals surface area contributed by atoms with E-state index in [1.54, 1.807) is 0 Å². The molecule has 1 aromatic heterocycles. The molecule has 100 valence electrons. The Bertz CT molecular complexity index is 534. The lowest BCUT2D eigenvalue weighted by Gasteiger charge is -2.10. The van der Waals surface area contributed by atoms with Crippen molar-refractivity contribution >= 4 is 11.6 Å². The number of aromatic nitrogens is 1. The maximum atomic E-state index is 11.8. The molecule has 1 amide bonds. The van der Waals surface area contributed by atoms with Crippen molar-refractivity contribution in [3.8, 4) is 5.69 Å². The van der Waals surface area contributed by atoms with E-state index >= 15 is 0 Å². The molecular formula is C15H19N3O. The molecule has 1 unspecified atom stereocenters. The SMILES string of the molecule is CC(CN)CC(=O)Nc1cccc(-n2cccc2)c1. The zero-order valence-corrected chi connectivity index (χ0v) is 11.0. The van der Waals surface area contributed by atoms with Crippen molar-refractivity contribution in [2.24, 2.45) is 11.7 Å². The molecule has 0 saturated carbocycles. The third-order valence-electron chi connectivity index (χ3n) is 2.97. The van der Waals surface area contributed by atoms with Crippen LogP contribution in [0.4, 0.5) is 5.69 Å². The van der Waals surface area contributed by atoms with Gasteiger partial charge in [-0.15, -0.1) is 0 Å². The molecule has 0 aliphatic heterocycles. The largest absolute Gasteiger partial charge is 0.330 e. The summed E-state index contributed by atoms with van der Waals surface area (Å²) in [5, 5.41) is 2.90. The van der Waals surface area contributed by atoms with E-state index in [2.05, 4.69) is 5.32 Å². The van der Waals surface area contributed by atoms with E-state index in [0.717, 1.165) is 11.4 Å². The minimum atomic E-state index is 0.00241. The fourth-order valence-corrected chi connectivity index (χ4v) is 1.86. The third kappa shape index (κ3) is 3.69. The van der Waals surface area contributed by atoms with Crippen LogP contribution in [0.25, 0.3) is 5.69 Å². The number of rotatable bonds is 5. The Morgan fingerprint density at radius 2 is 2.05 bits per heavy atom. The monoisotopic (exact) mass is 257 g/mol. The van der Waals surface area contributed by atoms with Gasteiger partial charge in [0, 0.05) is 30.2 Å². The van der Waals surface area contributed by atoms with Crippen LogP contribution < -0.4 is 11.1 Å². The first-order valence-corrected chi connectivity index (χ1v) is 6.42. The van der Waals surface area contributed by atoms with Gasteiger partial charge >= 0.3 is 0 Å². The molecule has 0 spiro atoms. The van der Waals surface area contributed by atoms with Crippen LogP contribution >= 0.6 is 0 Å². The van der Waals surface area contributed by atoms with Gasteiger partial charge in [0.15, 0.2) is 0 Å². The summed E-state index contributed by atoms with van der Waals surface area (Å²) < 4.78 is 2.00. The maximum Gasteiger partial charge on any atom is 0.224 e. The highest BCUT2D eigenvalue weighted by atomic mass is 16.1. The van der Waals surface area contributed by atoms with E-state index in [1.165, 1.54) is 0 Å². The summed E-state index contributed by atoms with van der Waals surface area (Å²) in [6, 6.07) is 11.7. The summed E-state index contributed by atoms with van der Waals surface area (Å²) in [7, 11) is 0. The summed E-state index contributed by atoms with van der Waals surface area (Å²) in [5.74, 6) is 0.204. The van der Waals surface area contributed by atoms with Crippen molar-refractivity contribution in [3.05, 3.63) is 48.8 Å². The van der Waals surface area contributed by atoms with Crippen LogP contribution in [-0.4, -0.2) is 17.0 Å². The van der Waals surface area contributed by atoms with Crippen molar-refractivity contribution in [1.29, 1.82) is 0 Å². The van der Waals surface area contributed by atoms with E-state index in [0.29, 0.717) is 13.0 Å². The predicted octanol–water partition coefficient (Wildman–Crippen LogP) is 2.40. The second-order valence-corrected chi connectivity index (χ2v) is 4.73. The number of hydrogen-bond donors (Lipinski definition) is 2. The lowest BCUT2D eigenvalue weighted by atomic mass is 10.1. The molecule has 4 nitrogen and oxygen atoms in total. The van der Waals surface area contributed by atoms with Crippen molar-refractivity contribution < 1.29 is 4.79 Å². The number of amides is 1. The van der Waals surface area contributed by atoms with Crippen LogP contribution in [0.3, 0.4) is 0 Å². The number of carbonyl (C=O) groups is 1. The second kappa shape index (κ2) is 6.20. The number of benzene rings is 1. The number of nitrogens with one attached hydrogen (secondary N) is 1. The Balaban J connectivity index is 2.05. The van der Waals surface area contributed by atoms with Crippen LogP contribution in [0, 0.1) is 5.92 Å². The van der Waals surface area contributed by atoms with Crippen molar-refractivity contribution in [3.63, 3.8) is 0 Å². The average Bonchev–Trinajstić information content (AvgIpc) is 2.92. The van der Waals surface area contributed by atoms with Crippen LogP contribution in [0.1, 0.15) is 13.3 Å². The van der Waals surface area contributed by atoms with Crippen LogP contribution in [-0.2, 0) is 4.79 Å². The van der Waals surface area contributed by atoms with Crippen molar-refractivity contribution in [2.45, 2.75) is 13.3 Å². The topological polar surface area (TPSA) is 60.1 Å². The van der Waals surface area contributed by atoms with Gasteiger partial charge in [-0.1, -0.05) is 13.0 Å². The Morgan fingerprint density at radius 3 is 2.74 bits per heavy atom. The molecule has 1 aromatic carbocycles. The smallest absolute Gasteiger partial charge is 0.224 e. The summed E-state index contributed by atoms with van der Waals surface area (Å²) in [6.45, 7) is 2.49. The highest BCUT2D eigenvalue weighted by Crippen LogP contribution is 2.15. The van der Waals surface area contributed by atoms with Crippen molar-refractivity contribution in [2.75, 3.05) is 11.9 Å². The quantitative estimate of drug-likeness (QED) is 0.864. The average molecular weight is 257 g/mol. The van der Waals surface area contributed by atoms with Gasteiger partial charge in [0.25, 0.3) is 0 Å². The minimum absolute atomic E-state index is 0.00241. The highest BCUT2D eigenvalue weighted by Gasteiger charge is 2.08. The number of anilines is 1. The summed E-state index contributed by atoms with van der Waals surface area (Å²) in [4.78, 5) is 11.8. The Hall–Kier alpha value is -2.07. The molecule has 1 heterocycles. The molecule has 0 bridgehead atoms. The zero-order chi connectivity index (χ0) is 13.7. The Morgan fingerprint density at radius 1 is 1.32 bits per heavy atom. The lowest BCUT2D eigenvalue weighted by molar-refractivity contribution is -0.116. The molecule has 2 rings (SSSR count). The molecule has 0 aliphatic rings. The molecule has 0 saturated heterocycles. The molecular weight excluding hydrogens is 238 g/mol. The van der Waals surface area contributed by atoms with Gasteiger partial charge in [-0.3, -0.25) is 4.79 Å². The van der Waals surface area contributed by atoms with Gasteiger partial charge in [0.05, 0.1) is 0 Å². The summed E-state index contributed by atoms with van der Waals surface area (Å²) >= 11 is 0. The molecule has 0 aliphatic carbocycles. The summed E-state index contributed by atoms with van der Waals surface area (Å²) in [5.41, 5.74) is 7.35. The number of nitrogens with zero attached hydrogens (tertiary/aromatic N) is 1. The van der Waals surface area contributed by atoms with Gasteiger partial charge in [-0.2, -0.15) is 0 Å². The van der Waals surface area contributed by atoms with E-state index in [4.69, 9.17) is 5.73 Å². The predicted molar refractivity (Wildman–Crippen MR) is 77.2 cm³/mol. The van der Waals surface area contributed by atoms with E-state index in [-0.39, 0.29) is 11.8 Å². The lowest BCUT2D eigenvalue weighted by Crippen LogP contribution is -2.20. The standard InChI is InChI=1S/C15H19N3O/c1-12(11-16)9-15(19)17-13-5-4-6-14(10-13)18-7-2-3-8-18/h2-8,10,12H,9,11,16H2,1H3,(H,17,19). The molecule has 3 N–H and O–H groups in total. The maximum absolute atomic E-state index is 11.8. The number of hydrogen-bond acceptors (Lipinski definition) is 2. The minimum Gasteiger partial charge on any atom is -0.330 e. The first kappa shape index (κ1) is 13.4. The van der Waals surface area contributed by atoms with Gasteiger partial charge in [0.1, 0.15) is 0 Å². The molecule has 0 radical (unpaired) electrons. The Labute approximate surface area is 113 Å². The highest BCUT2D eigenvalue weighted by molar-refractivity contribution is 5.91. The van der Waals surface area contributed by atoms with Gasteiger partial charge in [0.2, 0.25) is 5.91 Å². The first-order valence-electron chi connectivity index (χ1n) is 6.42. The molecule has 0 fully saturated rings.